The number of hydrogen-bond donors (Lipinski definition) is 2. The molecular weight excluding hydrogens is 380 g/mol. The molecule has 0 fully saturated rings. The fourth-order valence-corrected chi connectivity index (χ4v) is 2.83. The molecule has 0 amide bonds. The summed E-state index contributed by atoms with van der Waals surface area (Å²) in [6.07, 6.45) is 3.34. The predicted octanol–water partition coefficient (Wildman–Crippen LogP) is 4.67. The van der Waals surface area contributed by atoms with Gasteiger partial charge in [-0.1, -0.05) is 30.3 Å². The molecule has 2 heterocycles. The van der Waals surface area contributed by atoms with Crippen molar-refractivity contribution in [3.63, 3.8) is 0 Å². The molecule has 4 rings (SSSR count). The average molecular weight is 393 g/mol. The molecule has 0 radical (unpaired) electrons. The SMILES string of the molecule is Brc1ccccc1Nc1cnnc(Nc2cccc3cccnc23)n1. The number of aromatic nitrogens is 4. The molecule has 2 aromatic carbocycles. The summed E-state index contributed by atoms with van der Waals surface area (Å²) < 4.78 is 0.946. The second-order valence-electron chi connectivity index (χ2n) is 5.28. The minimum absolute atomic E-state index is 0.398. The van der Waals surface area contributed by atoms with Crippen LogP contribution in [0.5, 0.6) is 0 Å². The molecule has 0 unspecified atom stereocenters. The van der Waals surface area contributed by atoms with Gasteiger partial charge in [0, 0.05) is 16.1 Å². The number of nitrogens with one attached hydrogen (secondary N) is 2. The van der Waals surface area contributed by atoms with Gasteiger partial charge in [-0.3, -0.25) is 4.98 Å². The fourth-order valence-electron chi connectivity index (χ4n) is 2.44. The van der Waals surface area contributed by atoms with Crippen molar-refractivity contribution in [1.29, 1.82) is 0 Å². The summed E-state index contributed by atoms with van der Waals surface area (Å²) in [6, 6.07) is 17.6. The maximum absolute atomic E-state index is 4.47. The fraction of sp³-hybridized carbons (Fsp3) is 0. The number of anilines is 4. The van der Waals surface area contributed by atoms with Crippen molar-refractivity contribution in [2.45, 2.75) is 0 Å². The van der Waals surface area contributed by atoms with E-state index >= 15 is 0 Å². The number of rotatable bonds is 4. The van der Waals surface area contributed by atoms with Gasteiger partial charge < -0.3 is 10.6 Å². The molecule has 4 aromatic rings. The first-order chi connectivity index (χ1) is 12.3. The molecule has 0 atom stereocenters. The van der Waals surface area contributed by atoms with Crippen LogP contribution in [0.4, 0.5) is 23.1 Å². The topological polar surface area (TPSA) is 75.6 Å². The van der Waals surface area contributed by atoms with Crippen LogP contribution in [0.1, 0.15) is 0 Å². The molecule has 0 saturated carbocycles. The van der Waals surface area contributed by atoms with E-state index in [0.29, 0.717) is 11.8 Å². The molecular formula is C18H13BrN6. The van der Waals surface area contributed by atoms with Gasteiger partial charge in [-0.25, -0.2) is 0 Å². The summed E-state index contributed by atoms with van der Waals surface area (Å²) in [5, 5.41) is 15.5. The monoisotopic (exact) mass is 392 g/mol. The summed E-state index contributed by atoms with van der Waals surface area (Å²) in [4.78, 5) is 8.89. The Hall–Kier alpha value is -3.06. The number of benzene rings is 2. The van der Waals surface area contributed by atoms with E-state index in [2.05, 4.69) is 46.7 Å². The Balaban J connectivity index is 1.62. The highest BCUT2D eigenvalue weighted by Crippen LogP contribution is 2.26. The molecule has 122 valence electrons. The van der Waals surface area contributed by atoms with Gasteiger partial charge in [0.2, 0.25) is 5.95 Å². The van der Waals surface area contributed by atoms with Crippen LogP contribution in [0.3, 0.4) is 0 Å². The molecule has 6 nitrogen and oxygen atoms in total. The maximum Gasteiger partial charge on any atom is 0.249 e. The van der Waals surface area contributed by atoms with Gasteiger partial charge in [0.1, 0.15) is 0 Å². The lowest BCUT2D eigenvalue weighted by molar-refractivity contribution is 0.982. The third-order valence-electron chi connectivity index (χ3n) is 3.57. The standard InChI is InChI=1S/C18H13BrN6/c19-13-7-1-2-8-14(13)22-16-11-21-25-18(24-16)23-15-9-3-5-12-6-4-10-20-17(12)15/h1-11H,(H2,22,23,24,25). The number of pyridine rings is 1. The van der Waals surface area contributed by atoms with Crippen molar-refractivity contribution in [3.8, 4) is 0 Å². The molecule has 0 spiro atoms. The van der Waals surface area contributed by atoms with E-state index in [1.807, 2.05) is 54.6 Å². The summed E-state index contributed by atoms with van der Waals surface area (Å²) in [5.74, 6) is 0.993. The minimum Gasteiger partial charge on any atom is -0.338 e. The molecule has 0 aliphatic rings. The van der Waals surface area contributed by atoms with Crippen LogP contribution in [0.2, 0.25) is 0 Å². The first-order valence-electron chi connectivity index (χ1n) is 7.62. The van der Waals surface area contributed by atoms with Crippen LogP contribution in [-0.4, -0.2) is 20.2 Å². The number of para-hydroxylation sites is 2. The van der Waals surface area contributed by atoms with Crippen molar-refractivity contribution in [1.82, 2.24) is 20.2 Å². The third kappa shape index (κ3) is 3.41. The smallest absolute Gasteiger partial charge is 0.249 e. The molecule has 0 saturated heterocycles. The van der Waals surface area contributed by atoms with E-state index in [-0.39, 0.29) is 0 Å². The third-order valence-corrected chi connectivity index (χ3v) is 4.27. The minimum atomic E-state index is 0.398. The van der Waals surface area contributed by atoms with Gasteiger partial charge >= 0.3 is 0 Å². The summed E-state index contributed by atoms with van der Waals surface area (Å²) in [6.45, 7) is 0. The lowest BCUT2D eigenvalue weighted by Gasteiger charge is -2.10. The molecule has 0 aliphatic heterocycles. The van der Waals surface area contributed by atoms with Crippen molar-refractivity contribution >= 4 is 50.0 Å². The van der Waals surface area contributed by atoms with E-state index in [9.17, 15) is 0 Å². The Morgan fingerprint density at radius 3 is 2.60 bits per heavy atom. The highest BCUT2D eigenvalue weighted by molar-refractivity contribution is 9.10. The number of hydrogen-bond acceptors (Lipinski definition) is 6. The zero-order valence-electron chi connectivity index (χ0n) is 13.0. The highest BCUT2D eigenvalue weighted by atomic mass is 79.9. The van der Waals surface area contributed by atoms with E-state index < -0.39 is 0 Å². The molecule has 25 heavy (non-hydrogen) atoms. The van der Waals surface area contributed by atoms with Gasteiger partial charge in [-0.15, -0.1) is 5.10 Å². The molecule has 2 N–H and O–H groups in total. The molecule has 0 aliphatic carbocycles. The summed E-state index contributed by atoms with van der Waals surface area (Å²) in [7, 11) is 0. The van der Waals surface area contributed by atoms with Gasteiger partial charge in [0.05, 0.1) is 23.1 Å². The number of halogens is 1. The number of fused-ring (bicyclic) bond motifs is 1. The Bertz CT molecular complexity index is 1030. The summed E-state index contributed by atoms with van der Waals surface area (Å²) in [5.41, 5.74) is 2.59. The lowest BCUT2D eigenvalue weighted by Crippen LogP contribution is -2.03. The van der Waals surface area contributed by atoms with Crippen LogP contribution < -0.4 is 10.6 Å². The zero-order chi connectivity index (χ0) is 17.1. The van der Waals surface area contributed by atoms with Gasteiger partial charge in [-0.05, 0) is 40.2 Å². The Morgan fingerprint density at radius 2 is 1.68 bits per heavy atom. The quantitative estimate of drug-likeness (QED) is 0.525. The second-order valence-corrected chi connectivity index (χ2v) is 6.13. The first-order valence-corrected chi connectivity index (χ1v) is 8.41. The zero-order valence-corrected chi connectivity index (χ0v) is 14.6. The van der Waals surface area contributed by atoms with Gasteiger partial charge in [-0.2, -0.15) is 10.1 Å². The number of nitrogens with zero attached hydrogens (tertiary/aromatic N) is 4. The predicted molar refractivity (Wildman–Crippen MR) is 102 cm³/mol. The van der Waals surface area contributed by atoms with Crippen LogP contribution in [0.25, 0.3) is 10.9 Å². The van der Waals surface area contributed by atoms with E-state index in [4.69, 9.17) is 0 Å². The Labute approximate surface area is 152 Å². The lowest BCUT2D eigenvalue weighted by atomic mass is 10.2. The summed E-state index contributed by atoms with van der Waals surface area (Å²) >= 11 is 3.50. The average Bonchev–Trinajstić information content (AvgIpc) is 2.64. The normalized spacial score (nSPS) is 10.6. The molecule has 7 heteroatoms. The van der Waals surface area contributed by atoms with Crippen molar-refractivity contribution in [2.75, 3.05) is 10.6 Å². The van der Waals surface area contributed by atoms with Crippen LogP contribution in [0, 0.1) is 0 Å². The van der Waals surface area contributed by atoms with E-state index in [1.165, 1.54) is 0 Å². The van der Waals surface area contributed by atoms with Crippen LogP contribution in [-0.2, 0) is 0 Å². The van der Waals surface area contributed by atoms with Crippen molar-refractivity contribution in [3.05, 3.63) is 71.5 Å². The van der Waals surface area contributed by atoms with E-state index in [1.54, 1.807) is 12.4 Å². The molecule has 2 aromatic heterocycles. The first kappa shape index (κ1) is 15.5. The van der Waals surface area contributed by atoms with E-state index in [0.717, 1.165) is 26.8 Å². The van der Waals surface area contributed by atoms with Crippen molar-refractivity contribution < 1.29 is 0 Å². The van der Waals surface area contributed by atoms with Crippen LogP contribution in [0.15, 0.2) is 71.5 Å². The van der Waals surface area contributed by atoms with Crippen molar-refractivity contribution in [2.24, 2.45) is 0 Å². The van der Waals surface area contributed by atoms with Crippen LogP contribution >= 0.6 is 15.9 Å². The van der Waals surface area contributed by atoms with Gasteiger partial charge in [0.25, 0.3) is 0 Å². The molecule has 0 bridgehead atoms. The van der Waals surface area contributed by atoms with Gasteiger partial charge in [0.15, 0.2) is 5.82 Å². The Morgan fingerprint density at radius 1 is 0.840 bits per heavy atom. The maximum atomic E-state index is 4.47. The Kier molecular flexibility index (Phi) is 4.22. The second kappa shape index (κ2) is 6.82. The highest BCUT2D eigenvalue weighted by Gasteiger charge is 2.06. The largest absolute Gasteiger partial charge is 0.338 e.